The largest absolute Gasteiger partial charge is 0.398 e. The van der Waals surface area contributed by atoms with Gasteiger partial charge in [-0.1, -0.05) is 0 Å². The molecule has 1 aromatic carbocycles. The summed E-state index contributed by atoms with van der Waals surface area (Å²) >= 11 is 0. The van der Waals surface area contributed by atoms with Gasteiger partial charge in [0.15, 0.2) is 0 Å². The zero-order valence-corrected chi connectivity index (χ0v) is 9.95. The number of hydrogen-bond acceptors (Lipinski definition) is 4. The van der Waals surface area contributed by atoms with Crippen molar-refractivity contribution in [1.82, 2.24) is 0 Å². The molecule has 0 atom stereocenters. The Bertz CT molecular complexity index is 474. The number of benzene rings is 1. The number of nitriles is 1. The summed E-state index contributed by atoms with van der Waals surface area (Å²) in [5.41, 5.74) is 12.2. The molecule has 5 nitrogen and oxygen atoms in total. The summed E-state index contributed by atoms with van der Waals surface area (Å²) in [5.74, 6) is -0.448. The van der Waals surface area contributed by atoms with E-state index in [4.69, 9.17) is 16.7 Å². The maximum Gasteiger partial charge on any atom is 0.242 e. The minimum absolute atomic E-state index is 0.234. The van der Waals surface area contributed by atoms with Crippen LogP contribution in [-0.2, 0) is 11.2 Å². The highest BCUT2D eigenvalue weighted by Gasteiger charge is 2.24. The molecule has 0 spiro atoms. The van der Waals surface area contributed by atoms with Crippen molar-refractivity contribution in [3.63, 3.8) is 0 Å². The first-order valence-electron chi connectivity index (χ1n) is 5.20. The zero-order valence-electron chi connectivity index (χ0n) is 9.95. The van der Waals surface area contributed by atoms with Crippen molar-refractivity contribution in [2.24, 2.45) is 5.73 Å². The van der Waals surface area contributed by atoms with Crippen molar-refractivity contribution in [3.8, 4) is 6.07 Å². The van der Waals surface area contributed by atoms with Gasteiger partial charge in [0.25, 0.3) is 0 Å². The fraction of sp³-hybridized carbons (Fsp3) is 0.333. The highest BCUT2D eigenvalue weighted by molar-refractivity contribution is 5.87. The summed E-state index contributed by atoms with van der Waals surface area (Å²) in [6.07, 6.45) is 0.234. The topological polar surface area (TPSA) is 105 Å². The molecule has 1 aromatic rings. The minimum atomic E-state index is -0.847. The van der Waals surface area contributed by atoms with Crippen LogP contribution >= 0.6 is 0 Å². The van der Waals surface area contributed by atoms with Gasteiger partial charge in [0, 0.05) is 11.4 Å². The number of primary amides is 1. The molecule has 0 fully saturated rings. The first kappa shape index (κ1) is 12.8. The average Bonchev–Trinajstić information content (AvgIpc) is 2.23. The number of carbonyl (C=O) groups is 1. The molecule has 0 bridgehead atoms. The van der Waals surface area contributed by atoms with E-state index in [0.717, 1.165) is 5.56 Å². The molecule has 0 aliphatic rings. The standard InChI is InChI=1S/C12H16N4O/c1-12(2,11(15)17)16-9-3-4-10(14)8(7-9)5-6-13/h3-4,7,16H,5,14H2,1-2H3,(H2,15,17). The SMILES string of the molecule is CC(C)(Nc1ccc(N)c(CC#N)c1)C(N)=O. The summed E-state index contributed by atoms with van der Waals surface area (Å²) in [4.78, 5) is 11.2. The third-order valence-corrected chi connectivity index (χ3v) is 2.49. The van der Waals surface area contributed by atoms with Crippen LogP contribution in [0.2, 0.25) is 0 Å². The number of hydrogen-bond donors (Lipinski definition) is 3. The molecule has 0 saturated heterocycles. The second kappa shape index (κ2) is 4.74. The molecule has 90 valence electrons. The monoisotopic (exact) mass is 232 g/mol. The van der Waals surface area contributed by atoms with E-state index < -0.39 is 11.4 Å². The lowest BCUT2D eigenvalue weighted by Crippen LogP contribution is -2.45. The zero-order chi connectivity index (χ0) is 13.1. The Morgan fingerprint density at radius 2 is 2.18 bits per heavy atom. The molecule has 0 aliphatic heterocycles. The van der Waals surface area contributed by atoms with Gasteiger partial charge in [-0.2, -0.15) is 5.26 Å². The highest BCUT2D eigenvalue weighted by atomic mass is 16.1. The van der Waals surface area contributed by atoms with Gasteiger partial charge >= 0.3 is 0 Å². The molecule has 0 heterocycles. The van der Waals surface area contributed by atoms with Crippen molar-refractivity contribution >= 4 is 17.3 Å². The van der Waals surface area contributed by atoms with Crippen LogP contribution in [-0.4, -0.2) is 11.4 Å². The van der Waals surface area contributed by atoms with Crippen LogP contribution in [0.15, 0.2) is 18.2 Å². The number of nitrogen functional groups attached to an aromatic ring is 1. The quantitative estimate of drug-likeness (QED) is 0.674. The van der Waals surface area contributed by atoms with E-state index in [9.17, 15) is 4.79 Å². The molecule has 0 aromatic heterocycles. The number of rotatable bonds is 4. The van der Waals surface area contributed by atoms with Gasteiger partial charge in [-0.3, -0.25) is 4.79 Å². The van der Waals surface area contributed by atoms with E-state index in [2.05, 4.69) is 5.32 Å². The Morgan fingerprint density at radius 3 is 2.71 bits per heavy atom. The van der Waals surface area contributed by atoms with Crippen LogP contribution in [0.3, 0.4) is 0 Å². The van der Waals surface area contributed by atoms with Crippen molar-refractivity contribution < 1.29 is 4.79 Å². The van der Waals surface area contributed by atoms with Crippen molar-refractivity contribution in [2.45, 2.75) is 25.8 Å². The van der Waals surface area contributed by atoms with E-state index >= 15 is 0 Å². The summed E-state index contributed by atoms with van der Waals surface area (Å²) < 4.78 is 0. The first-order chi connectivity index (χ1) is 7.86. The normalized spacial score (nSPS) is 10.6. The molecule has 0 unspecified atom stereocenters. The van der Waals surface area contributed by atoms with Gasteiger partial charge in [-0.05, 0) is 37.6 Å². The molecule has 0 aliphatic carbocycles. The highest BCUT2D eigenvalue weighted by Crippen LogP contribution is 2.21. The van der Waals surface area contributed by atoms with Crippen LogP contribution in [0.5, 0.6) is 0 Å². The Balaban J connectivity index is 2.98. The molecule has 1 rings (SSSR count). The number of anilines is 2. The van der Waals surface area contributed by atoms with E-state index in [1.54, 1.807) is 32.0 Å². The number of nitrogens with one attached hydrogen (secondary N) is 1. The summed E-state index contributed by atoms with van der Waals surface area (Å²) in [5, 5.41) is 11.7. The Labute approximate surface area is 100 Å². The maximum absolute atomic E-state index is 11.2. The Kier molecular flexibility index (Phi) is 3.59. The molecule has 0 radical (unpaired) electrons. The van der Waals surface area contributed by atoms with Crippen molar-refractivity contribution in [3.05, 3.63) is 23.8 Å². The predicted octanol–water partition coefficient (Wildman–Crippen LogP) is 1.01. The lowest BCUT2D eigenvalue weighted by Gasteiger charge is -2.24. The summed E-state index contributed by atoms with van der Waals surface area (Å²) in [6.45, 7) is 3.38. The molecule has 1 amide bonds. The Hall–Kier alpha value is -2.22. The predicted molar refractivity (Wildman–Crippen MR) is 67.1 cm³/mol. The number of nitrogens with zero attached hydrogens (tertiary/aromatic N) is 1. The molecule has 17 heavy (non-hydrogen) atoms. The van der Waals surface area contributed by atoms with Crippen LogP contribution in [0.25, 0.3) is 0 Å². The number of amides is 1. The van der Waals surface area contributed by atoms with Crippen LogP contribution in [0, 0.1) is 11.3 Å². The van der Waals surface area contributed by atoms with Gasteiger partial charge in [-0.25, -0.2) is 0 Å². The number of nitrogens with two attached hydrogens (primary N) is 2. The van der Waals surface area contributed by atoms with Gasteiger partial charge in [0.2, 0.25) is 5.91 Å². The smallest absolute Gasteiger partial charge is 0.242 e. The molecular weight excluding hydrogens is 216 g/mol. The van der Waals surface area contributed by atoms with Gasteiger partial charge < -0.3 is 16.8 Å². The summed E-state index contributed by atoms with van der Waals surface area (Å²) in [7, 11) is 0. The third-order valence-electron chi connectivity index (χ3n) is 2.49. The van der Waals surface area contributed by atoms with Gasteiger partial charge in [0.1, 0.15) is 5.54 Å². The maximum atomic E-state index is 11.2. The van der Waals surface area contributed by atoms with Crippen LogP contribution < -0.4 is 16.8 Å². The molecule has 5 N–H and O–H groups in total. The van der Waals surface area contributed by atoms with E-state index in [-0.39, 0.29) is 6.42 Å². The van der Waals surface area contributed by atoms with Crippen LogP contribution in [0.4, 0.5) is 11.4 Å². The van der Waals surface area contributed by atoms with E-state index in [0.29, 0.717) is 11.4 Å². The third kappa shape index (κ3) is 3.11. The van der Waals surface area contributed by atoms with E-state index in [1.165, 1.54) is 0 Å². The fourth-order valence-electron chi connectivity index (χ4n) is 1.34. The van der Waals surface area contributed by atoms with Crippen molar-refractivity contribution in [2.75, 3.05) is 11.1 Å². The number of carbonyl (C=O) groups excluding carboxylic acids is 1. The minimum Gasteiger partial charge on any atom is -0.398 e. The lowest BCUT2D eigenvalue weighted by atomic mass is 10.0. The first-order valence-corrected chi connectivity index (χ1v) is 5.20. The fourth-order valence-corrected chi connectivity index (χ4v) is 1.34. The van der Waals surface area contributed by atoms with Crippen molar-refractivity contribution in [1.29, 1.82) is 5.26 Å². The van der Waals surface area contributed by atoms with Crippen LogP contribution in [0.1, 0.15) is 19.4 Å². The second-order valence-corrected chi connectivity index (χ2v) is 4.36. The molecular formula is C12H16N4O. The second-order valence-electron chi connectivity index (χ2n) is 4.36. The van der Waals surface area contributed by atoms with Gasteiger partial charge in [0.05, 0.1) is 12.5 Å². The molecule has 0 saturated carbocycles. The summed E-state index contributed by atoms with van der Waals surface area (Å²) in [6, 6.07) is 7.24. The van der Waals surface area contributed by atoms with Gasteiger partial charge in [-0.15, -0.1) is 0 Å². The average molecular weight is 232 g/mol. The lowest BCUT2D eigenvalue weighted by molar-refractivity contribution is -0.121. The van der Waals surface area contributed by atoms with E-state index in [1.807, 2.05) is 6.07 Å². The molecule has 5 heteroatoms. The Morgan fingerprint density at radius 1 is 1.53 bits per heavy atom.